The summed E-state index contributed by atoms with van der Waals surface area (Å²) in [5.41, 5.74) is 0. The predicted octanol–water partition coefficient (Wildman–Crippen LogP) is 2.05. The van der Waals surface area contributed by atoms with Crippen molar-refractivity contribution in [2.45, 2.75) is 24.8 Å². The zero-order valence-electron chi connectivity index (χ0n) is 8.73. The third-order valence-corrected chi connectivity index (χ3v) is 4.26. The molecule has 0 aromatic carbocycles. The van der Waals surface area contributed by atoms with Crippen LogP contribution in [0.25, 0.3) is 0 Å². The summed E-state index contributed by atoms with van der Waals surface area (Å²) in [7, 11) is -3.48. The summed E-state index contributed by atoms with van der Waals surface area (Å²) in [6.07, 6.45) is 0. The Balaban J connectivity index is 3.04. The SMILES string of the molecule is CCN(CC)S(=O)(=O)c1ccc(CCl)o1. The van der Waals surface area contributed by atoms with Gasteiger partial charge < -0.3 is 4.42 Å². The van der Waals surface area contributed by atoms with Crippen LogP contribution in [0.15, 0.2) is 21.6 Å². The lowest BCUT2D eigenvalue weighted by Gasteiger charge is -2.16. The quantitative estimate of drug-likeness (QED) is 0.753. The van der Waals surface area contributed by atoms with Crippen molar-refractivity contribution in [2.75, 3.05) is 13.1 Å². The second-order valence-corrected chi connectivity index (χ2v) is 5.08. The number of nitrogens with zero attached hydrogens (tertiary/aromatic N) is 1. The molecular formula is C9H14ClNO3S. The van der Waals surface area contributed by atoms with Crippen LogP contribution in [0.2, 0.25) is 0 Å². The van der Waals surface area contributed by atoms with Crippen LogP contribution in [-0.4, -0.2) is 25.8 Å². The minimum atomic E-state index is -3.48. The number of sulfonamides is 1. The number of rotatable bonds is 5. The third kappa shape index (κ3) is 2.53. The lowest BCUT2D eigenvalue weighted by Crippen LogP contribution is -2.30. The molecule has 0 amide bonds. The van der Waals surface area contributed by atoms with E-state index in [0.717, 1.165) is 0 Å². The average molecular weight is 252 g/mol. The molecule has 0 aliphatic rings. The molecule has 0 radical (unpaired) electrons. The van der Waals surface area contributed by atoms with Crippen molar-refractivity contribution in [3.63, 3.8) is 0 Å². The van der Waals surface area contributed by atoms with Crippen LogP contribution in [0.5, 0.6) is 0 Å². The van der Waals surface area contributed by atoms with Gasteiger partial charge in [0, 0.05) is 13.1 Å². The molecule has 1 heterocycles. The number of hydrogen-bond acceptors (Lipinski definition) is 3. The molecule has 0 unspecified atom stereocenters. The fourth-order valence-electron chi connectivity index (χ4n) is 1.26. The highest BCUT2D eigenvalue weighted by Crippen LogP contribution is 2.19. The molecule has 0 N–H and O–H groups in total. The van der Waals surface area contributed by atoms with E-state index >= 15 is 0 Å². The summed E-state index contributed by atoms with van der Waals surface area (Å²) < 4.78 is 30.3. The molecule has 0 aliphatic heterocycles. The van der Waals surface area contributed by atoms with E-state index in [0.29, 0.717) is 18.8 Å². The van der Waals surface area contributed by atoms with Gasteiger partial charge in [-0.15, -0.1) is 11.6 Å². The minimum absolute atomic E-state index is 0.0400. The lowest BCUT2D eigenvalue weighted by molar-refractivity contribution is 0.385. The van der Waals surface area contributed by atoms with Gasteiger partial charge in [-0.25, -0.2) is 8.42 Å². The highest BCUT2D eigenvalue weighted by molar-refractivity contribution is 7.89. The third-order valence-electron chi connectivity index (χ3n) is 2.07. The van der Waals surface area contributed by atoms with Crippen LogP contribution in [0.3, 0.4) is 0 Å². The lowest BCUT2D eigenvalue weighted by atomic mass is 10.5. The Bertz CT molecular complexity index is 409. The molecule has 86 valence electrons. The van der Waals surface area contributed by atoms with Gasteiger partial charge in [-0.3, -0.25) is 0 Å². The minimum Gasteiger partial charge on any atom is -0.447 e. The molecule has 0 atom stereocenters. The van der Waals surface area contributed by atoms with E-state index in [1.54, 1.807) is 19.9 Å². The van der Waals surface area contributed by atoms with E-state index in [4.69, 9.17) is 16.0 Å². The van der Waals surface area contributed by atoms with E-state index in [2.05, 4.69) is 0 Å². The molecule has 1 aromatic rings. The first-order chi connectivity index (χ1) is 7.06. The molecule has 1 aromatic heterocycles. The van der Waals surface area contributed by atoms with Gasteiger partial charge in [0.25, 0.3) is 10.0 Å². The molecular weight excluding hydrogens is 238 g/mol. The number of hydrogen-bond donors (Lipinski definition) is 0. The maximum atomic E-state index is 11.9. The molecule has 0 aliphatic carbocycles. The summed E-state index contributed by atoms with van der Waals surface area (Å²) in [5.74, 6) is 0.635. The van der Waals surface area contributed by atoms with Crippen molar-refractivity contribution in [2.24, 2.45) is 0 Å². The molecule has 0 saturated heterocycles. The Morgan fingerprint density at radius 3 is 2.33 bits per heavy atom. The van der Waals surface area contributed by atoms with Gasteiger partial charge in [0.1, 0.15) is 5.76 Å². The first kappa shape index (κ1) is 12.5. The van der Waals surface area contributed by atoms with Gasteiger partial charge >= 0.3 is 0 Å². The smallest absolute Gasteiger partial charge is 0.276 e. The second-order valence-electron chi connectivity index (χ2n) is 2.94. The van der Waals surface area contributed by atoms with Crippen LogP contribution < -0.4 is 0 Å². The number of alkyl halides is 1. The Labute approximate surface area is 94.9 Å². The van der Waals surface area contributed by atoms with Crippen molar-refractivity contribution in [1.82, 2.24) is 4.31 Å². The Morgan fingerprint density at radius 2 is 1.93 bits per heavy atom. The Morgan fingerprint density at radius 1 is 1.33 bits per heavy atom. The first-order valence-corrected chi connectivity index (χ1v) is 6.68. The van der Waals surface area contributed by atoms with Crippen LogP contribution in [0.4, 0.5) is 0 Å². The Hall–Kier alpha value is -0.520. The molecule has 0 fully saturated rings. The van der Waals surface area contributed by atoms with Gasteiger partial charge in [-0.2, -0.15) is 4.31 Å². The van der Waals surface area contributed by atoms with Gasteiger partial charge in [0.15, 0.2) is 0 Å². The molecule has 4 nitrogen and oxygen atoms in total. The van der Waals surface area contributed by atoms with Crippen molar-refractivity contribution < 1.29 is 12.8 Å². The van der Waals surface area contributed by atoms with E-state index in [1.807, 2.05) is 0 Å². The van der Waals surface area contributed by atoms with Gasteiger partial charge in [-0.1, -0.05) is 13.8 Å². The largest absolute Gasteiger partial charge is 0.447 e. The monoisotopic (exact) mass is 251 g/mol. The molecule has 6 heteroatoms. The van der Waals surface area contributed by atoms with Crippen LogP contribution >= 0.6 is 11.6 Å². The second kappa shape index (κ2) is 5.01. The van der Waals surface area contributed by atoms with Crippen LogP contribution in [0, 0.1) is 0 Å². The zero-order chi connectivity index (χ0) is 11.5. The van der Waals surface area contributed by atoms with Crippen molar-refractivity contribution >= 4 is 21.6 Å². The van der Waals surface area contributed by atoms with Crippen molar-refractivity contribution in [3.8, 4) is 0 Å². The summed E-state index contributed by atoms with van der Waals surface area (Å²) in [5, 5.41) is -0.0400. The molecule has 0 saturated carbocycles. The topological polar surface area (TPSA) is 50.5 Å². The maximum Gasteiger partial charge on any atom is 0.276 e. The standard InChI is InChI=1S/C9H14ClNO3S/c1-3-11(4-2)15(12,13)9-6-5-8(7-10)14-9/h5-6H,3-4,7H2,1-2H3. The van der Waals surface area contributed by atoms with E-state index in [9.17, 15) is 8.42 Å². The van der Waals surface area contributed by atoms with Crippen LogP contribution in [-0.2, 0) is 15.9 Å². The summed E-state index contributed by atoms with van der Waals surface area (Å²) >= 11 is 5.54. The number of furan rings is 1. The van der Waals surface area contributed by atoms with Gasteiger partial charge in [0.2, 0.25) is 5.09 Å². The first-order valence-electron chi connectivity index (χ1n) is 4.71. The normalized spacial score (nSPS) is 12.3. The van der Waals surface area contributed by atoms with Crippen molar-refractivity contribution in [1.29, 1.82) is 0 Å². The van der Waals surface area contributed by atoms with E-state index in [1.165, 1.54) is 10.4 Å². The summed E-state index contributed by atoms with van der Waals surface area (Å²) in [6.45, 7) is 4.42. The average Bonchev–Trinajstić information content (AvgIpc) is 2.67. The fourth-order valence-corrected chi connectivity index (χ4v) is 2.79. The maximum absolute atomic E-state index is 11.9. The van der Waals surface area contributed by atoms with E-state index in [-0.39, 0.29) is 11.0 Å². The van der Waals surface area contributed by atoms with Gasteiger partial charge in [-0.05, 0) is 12.1 Å². The summed E-state index contributed by atoms with van der Waals surface area (Å²) in [4.78, 5) is 0. The van der Waals surface area contributed by atoms with E-state index < -0.39 is 10.0 Å². The van der Waals surface area contributed by atoms with Crippen LogP contribution in [0.1, 0.15) is 19.6 Å². The molecule has 0 spiro atoms. The highest BCUT2D eigenvalue weighted by Gasteiger charge is 2.24. The highest BCUT2D eigenvalue weighted by atomic mass is 35.5. The predicted molar refractivity (Wildman–Crippen MR) is 58.4 cm³/mol. The molecule has 1 rings (SSSR count). The number of halogens is 1. The fraction of sp³-hybridized carbons (Fsp3) is 0.556. The molecule has 0 bridgehead atoms. The molecule has 15 heavy (non-hydrogen) atoms. The van der Waals surface area contributed by atoms with Gasteiger partial charge in [0.05, 0.1) is 5.88 Å². The summed E-state index contributed by atoms with van der Waals surface area (Å²) in [6, 6.07) is 3.01. The van der Waals surface area contributed by atoms with Crippen molar-refractivity contribution in [3.05, 3.63) is 17.9 Å². The zero-order valence-corrected chi connectivity index (χ0v) is 10.3. The Kier molecular flexibility index (Phi) is 4.19.